The highest BCUT2D eigenvalue weighted by molar-refractivity contribution is 14.0. The Morgan fingerprint density at radius 2 is 2.12 bits per heavy atom. The number of hydrogen-bond donors (Lipinski definition) is 2. The summed E-state index contributed by atoms with van der Waals surface area (Å²) in [5.41, 5.74) is 0. The molecule has 1 saturated heterocycles. The zero-order valence-electron chi connectivity index (χ0n) is 15.1. The van der Waals surface area contributed by atoms with Crippen molar-refractivity contribution >= 4 is 53.0 Å². The highest BCUT2D eigenvalue weighted by Crippen LogP contribution is 2.32. The van der Waals surface area contributed by atoms with Crippen LogP contribution < -0.4 is 10.6 Å². The van der Waals surface area contributed by atoms with Crippen LogP contribution in [0.2, 0.25) is 0 Å². The van der Waals surface area contributed by atoms with Crippen molar-refractivity contribution in [1.29, 1.82) is 0 Å². The molecule has 2 rings (SSSR count). The van der Waals surface area contributed by atoms with Crippen molar-refractivity contribution in [1.82, 2.24) is 10.6 Å². The summed E-state index contributed by atoms with van der Waals surface area (Å²) in [5, 5.41) is 7.03. The molecule has 2 N–H and O–H groups in total. The van der Waals surface area contributed by atoms with Crippen LogP contribution in [0, 0.1) is 6.92 Å². The van der Waals surface area contributed by atoms with E-state index in [0.29, 0.717) is 6.04 Å². The van der Waals surface area contributed by atoms with Crippen molar-refractivity contribution in [3.05, 3.63) is 21.9 Å². The van der Waals surface area contributed by atoms with Crippen LogP contribution in [0.5, 0.6) is 0 Å². The third-order valence-corrected chi connectivity index (χ3v) is 6.77. The summed E-state index contributed by atoms with van der Waals surface area (Å²) in [6.07, 6.45) is 5.43. The van der Waals surface area contributed by atoms with Gasteiger partial charge in [0, 0.05) is 53.8 Å². The summed E-state index contributed by atoms with van der Waals surface area (Å²) in [5.74, 6) is 0.894. The normalized spacial score (nSPS) is 18.6. The van der Waals surface area contributed by atoms with Crippen LogP contribution in [0.4, 0.5) is 0 Å². The molecule has 0 amide bonds. The summed E-state index contributed by atoms with van der Waals surface area (Å²) >= 11 is 3.82. The molecule has 0 radical (unpaired) electrons. The van der Waals surface area contributed by atoms with Crippen LogP contribution in [-0.2, 0) is 11.2 Å². The molecule has 1 fully saturated rings. The molecule has 0 aromatic carbocycles. The number of rotatable bonds is 6. The summed E-state index contributed by atoms with van der Waals surface area (Å²) in [6, 6.07) is 4.77. The van der Waals surface area contributed by atoms with Gasteiger partial charge in [-0.25, -0.2) is 0 Å². The number of halogens is 1. The fraction of sp³-hybridized carbons (Fsp3) is 0.706. The van der Waals surface area contributed by atoms with Gasteiger partial charge in [0.05, 0.1) is 0 Å². The molecule has 1 aromatic heterocycles. The highest BCUT2D eigenvalue weighted by Gasteiger charge is 2.31. The Labute approximate surface area is 171 Å². The zero-order chi connectivity index (χ0) is 16.7. The standard InChI is InChI=1S/C17H29N3OS2.HI/c1-13(11-15-6-5-14(2)23-15)20-16(18-3)19-12-17(22-4)7-9-21-10-8-17;/h5-6,13H,7-12H2,1-4H3,(H2,18,19,20);1H. The van der Waals surface area contributed by atoms with Gasteiger partial charge in [0.2, 0.25) is 0 Å². The average Bonchev–Trinajstić information content (AvgIpc) is 2.97. The predicted molar refractivity (Wildman–Crippen MR) is 118 cm³/mol. The monoisotopic (exact) mass is 483 g/mol. The first kappa shape index (κ1) is 22.1. The van der Waals surface area contributed by atoms with Crippen molar-refractivity contribution in [2.45, 2.75) is 43.9 Å². The van der Waals surface area contributed by atoms with Gasteiger partial charge in [-0.2, -0.15) is 11.8 Å². The van der Waals surface area contributed by atoms with Crippen molar-refractivity contribution in [2.75, 3.05) is 33.1 Å². The maximum absolute atomic E-state index is 5.51. The Balaban J connectivity index is 0.00000288. The first-order valence-corrected chi connectivity index (χ1v) is 10.3. The topological polar surface area (TPSA) is 45.7 Å². The Hall–Kier alpha value is 0.01000. The molecule has 1 unspecified atom stereocenters. The predicted octanol–water partition coefficient (Wildman–Crippen LogP) is 3.68. The van der Waals surface area contributed by atoms with E-state index in [0.717, 1.165) is 45.0 Å². The van der Waals surface area contributed by atoms with E-state index in [1.807, 2.05) is 30.1 Å². The summed E-state index contributed by atoms with van der Waals surface area (Å²) in [4.78, 5) is 7.17. The largest absolute Gasteiger partial charge is 0.381 e. The molecule has 138 valence electrons. The lowest BCUT2D eigenvalue weighted by Crippen LogP contribution is -2.49. The number of nitrogens with zero attached hydrogens (tertiary/aromatic N) is 1. The molecule has 1 aromatic rings. The minimum atomic E-state index is 0. The van der Waals surface area contributed by atoms with Gasteiger partial charge in [-0.05, 0) is 45.1 Å². The summed E-state index contributed by atoms with van der Waals surface area (Å²) < 4.78 is 5.77. The second-order valence-corrected chi connectivity index (χ2v) is 8.83. The lowest BCUT2D eigenvalue weighted by molar-refractivity contribution is 0.0782. The van der Waals surface area contributed by atoms with Crippen LogP contribution >= 0.6 is 47.1 Å². The number of guanidine groups is 1. The molecule has 1 atom stereocenters. The van der Waals surface area contributed by atoms with E-state index in [2.05, 4.69) is 47.9 Å². The fourth-order valence-electron chi connectivity index (χ4n) is 2.82. The fourth-order valence-corrected chi connectivity index (χ4v) is 4.63. The van der Waals surface area contributed by atoms with E-state index in [4.69, 9.17) is 4.74 Å². The second kappa shape index (κ2) is 10.9. The SMILES string of the molecule is CN=C(NCC1(SC)CCOCC1)NC(C)Cc1ccc(C)s1.I. The first-order chi connectivity index (χ1) is 11.1. The second-order valence-electron chi connectivity index (χ2n) is 6.19. The van der Waals surface area contributed by atoms with Gasteiger partial charge in [-0.3, -0.25) is 4.99 Å². The molecule has 24 heavy (non-hydrogen) atoms. The molecule has 7 heteroatoms. The lowest BCUT2D eigenvalue weighted by Gasteiger charge is -2.36. The third-order valence-electron chi connectivity index (χ3n) is 4.33. The number of aryl methyl sites for hydroxylation is 1. The van der Waals surface area contributed by atoms with Crippen LogP contribution in [-0.4, -0.2) is 49.8 Å². The molecule has 0 bridgehead atoms. The molecule has 0 saturated carbocycles. The third kappa shape index (κ3) is 6.72. The maximum Gasteiger partial charge on any atom is 0.191 e. The van der Waals surface area contributed by atoms with Gasteiger partial charge in [-0.15, -0.1) is 35.3 Å². The number of thiophene rings is 1. The van der Waals surface area contributed by atoms with Gasteiger partial charge in [0.25, 0.3) is 0 Å². The van der Waals surface area contributed by atoms with Gasteiger partial charge in [-0.1, -0.05) is 0 Å². The van der Waals surface area contributed by atoms with Gasteiger partial charge < -0.3 is 15.4 Å². The van der Waals surface area contributed by atoms with Gasteiger partial charge in [0.15, 0.2) is 5.96 Å². The average molecular weight is 483 g/mol. The minimum absolute atomic E-state index is 0. The Morgan fingerprint density at radius 3 is 2.67 bits per heavy atom. The summed E-state index contributed by atoms with van der Waals surface area (Å²) in [6.45, 7) is 7.02. The van der Waals surface area contributed by atoms with E-state index in [-0.39, 0.29) is 28.7 Å². The molecule has 2 heterocycles. The molecule has 0 spiro atoms. The van der Waals surface area contributed by atoms with Gasteiger partial charge in [0.1, 0.15) is 0 Å². The molecular formula is C17H30IN3OS2. The van der Waals surface area contributed by atoms with Crippen LogP contribution in [0.25, 0.3) is 0 Å². The van der Waals surface area contributed by atoms with Crippen LogP contribution in [0.15, 0.2) is 17.1 Å². The van der Waals surface area contributed by atoms with Crippen molar-refractivity contribution in [3.63, 3.8) is 0 Å². The Morgan fingerprint density at radius 1 is 1.42 bits per heavy atom. The van der Waals surface area contributed by atoms with Crippen molar-refractivity contribution < 1.29 is 4.74 Å². The molecule has 4 nitrogen and oxygen atoms in total. The van der Waals surface area contributed by atoms with Crippen LogP contribution in [0.1, 0.15) is 29.5 Å². The van der Waals surface area contributed by atoms with E-state index in [1.54, 1.807) is 0 Å². The number of ether oxygens (including phenoxy) is 1. The Bertz CT molecular complexity index is 516. The molecule has 1 aliphatic heterocycles. The Kier molecular flexibility index (Phi) is 10.00. The minimum Gasteiger partial charge on any atom is -0.381 e. The van der Waals surface area contributed by atoms with E-state index in [9.17, 15) is 0 Å². The summed E-state index contributed by atoms with van der Waals surface area (Å²) in [7, 11) is 1.84. The maximum atomic E-state index is 5.51. The number of aliphatic imine (C=N–C) groups is 1. The quantitative estimate of drug-likeness (QED) is 0.368. The number of hydrogen-bond acceptors (Lipinski definition) is 4. The molecule has 1 aliphatic rings. The zero-order valence-corrected chi connectivity index (χ0v) is 19.0. The molecular weight excluding hydrogens is 453 g/mol. The van der Waals surface area contributed by atoms with E-state index < -0.39 is 0 Å². The van der Waals surface area contributed by atoms with Crippen molar-refractivity contribution in [2.24, 2.45) is 4.99 Å². The van der Waals surface area contributed by atoms with Crippen LogP contribution in [0.3, 0.4) is 0 Å². The van der Waals surface area contributed by atoms with Crippen molar-refractivity contribution in [3.8, 4) is 0 Å². The number of thioether (sulfide) groups is 1. The number of nitrogens with one attached hydrogen (secondary N) is 2. The first-order valence-electron chi connectivity index (χ1n) is 8.22. The smallest absolute Gasteiger partial charge is 0.191 e. The molecule has 0 aliphatic carbocycles. The van der Waals surface area contributed by atoms with E-state index in [1.165, 1.54) is 9.75 Å². The van der Waals surface area contributed by atoms with Gasteiger partial charge >= 0.3 is 0 Å². The highest BCUT2D eigenvalue weighted by atomic mass is 127. The lowest BCUT2D eigenvalue weighted by atomic mass is 9.99. The van der Waals surface area contributed by atoms with E-state index >= 15 is 0 Å².